The van der Waals surface area contributed by atoms with Gasteiger partial charge in [0, 0.05) is 12.7 Å². The van der Waals surface area contributed by atoms with E-state index in [2.05, 4.69) is 5.10 Å². The lowest BCUT2D eigenvalue weighted by Crippen LogP contribution is -2.28. The number of rotatable bonds is 2. The molecule has 2 heterocycles. The first-order chi connectivity index (χ1) is 6.75. The molecule has 2 rings (SSSR count). The van der Waals surface area contributed by atoms with E-state index in [0.29, 0.717) is 12.4 Å². The number of aromatic nitrogens is 2. The van der Waals surface area contributed by atoms with Crippen LogP contribution in [0.1, 0.15) is 12.8 Å². The van der Waals surface area contributed by atoms with E-state index in [1.807, 2.05) is 0 Å². The number of hydrogen-bond donors (Lipinski definition) is 1. The van der Waals surface area contributed by atoms with Gasteiger partial charge in [-0.25, -0.2) is 4.68 Å². The van der Waals surface area contributed by atoms with Crippen LogP contribution >= 0.6 is 0 Å². The Kier molecular flexibility index (Phi) is 2.49. The van der Waals surface area contributed by atoms with Crippen molar-refractivity contribution in [3.63, 3.8) is 0 Å². The maximum Gasteiger partial charge on any atom is 0.266 e. The van der Waals surface area contributed by atoms with Crippen LogP contribution in [0.15, 0.2) is 16.9 Å². The van der Waals surface area contributed by atoms with Gasteiger partial charge in [0.05, 0.1) is 12.6 Å². The largest absolute Gasteiger partial charge is 0.382 e. The van der Waals surface area contributed by atoms with E-state index in [4.69, 9.17) is 10.5 Å². The fourth-order valence-electron chi connectivity index (χ4n) is 1.58. The van der Waals surface area contributed by atoms with Crippen molar-refractivity contribution >= 4 is 5.82 Å². The third kappa shape index (κ3) is 1.93. The summed E-state index contributed by atoms with van der Waals surface area (Å²) in [7, 11) is 0. The van der Waals surface area contributed by atoms with Crippen molar-refractivity contribution in [3.8, 4) is 0 Å². The van der Waals surface area contributed by atoms with E-state index in [-0.39, 0.29) is 11.7 Å². The number of nitrogen functional groups attached to an aromatic ring is 1. The number of ether oxygens (including phenoxy) is 1. The van der Waals surface area contributed by atoms with Gasteiger partial charge in [-0.05, 0) is 18.9 Å². The summed E-state index contributed by atoms with van der Waals surface area (Å²) in [5, 5.41) is 3.94. The molecule has 2 N–H and O–H groups in total. The summed E-state index contributed by atoms with van der Waals surface area (Å²) < 4.78 is 6.78. The molecule has 1 unspecified atom stereocenters. The molecule has 0 aromatic carbocycles. The monoisotopic (exact) mass is 195 g/mol. The van der Waals surface area contributed by atoms with Crippen molar-refractivity contribution < 1.29 is 4.74 Å². The summed E-state index contributed by atoms with van der Waals surface area (Å²) >= 11 is 0. The van der Waals surface area contributed by atoms with Gasteiger partial charge in [0.25, 0.3) is 5.56 Å². The average molecular weight is 195 g/mol. The van der Waals surface area contributed by atoms with Gasteiger partial charge in [-0.1, -0.05) is 0 Å². The molecule has 5 nitrogen and oxygen atoms in total. The number of nitrogens with two attached hydrogens (primary N) is 1. The smallest absolute Gasteiger partial charge is 0.266 e. The maximum atomic E-state index is 11.3. The summed E-state index contributed by atoms with van der Waals surface area (Å²) in [6.45, 7) is 1.28. The van der Waals surface area contributed by atoms with Crippen molar-refractivity contribution in [1.82, 2.24) is 9.78 Å². The lowest BCUT2D eigenvalue weighted by molar-refractivity contribution is 0.0928. The summed E-state index contributed by atoms with van der Waals surface area (Å²) in [6.07, 6.45) is 2.16. The van der Waals surface area contributed by atoms with Gasteiger partial charge in [0.2, 0.25) is 0 Å². The third-order valence-electron chi connectivity index (χ3n) is 2.29. The minimum absolute atomic E-state index is 0.113. The predicted octanol–water partition coefficient (Wildman–Crippen LogP) is 0.00450. The van der Waals surface area contributed by atoms with Crippen molar-refractivity contribution in [2.45, 2.75) is 25.5 Å². The lowest BCUT2D eigenvalue weighted by Gasteiger charge is -2.10. The van der Waals surface area contributed by atoms with Crippen LogP contribution in [-0.2, 0) is 11.3 Å². The van der Waals surface area contributed by atoms with E-state index in [9.17, 15) is 4.79 Å². The van der Waals surface area contributed by atoms with Crippen LogP contribution in [0, 0.1) is 0 Å². The van der Waals surface area contributed by atoms with Crippen LogP contribution in [0.5, 0.6) is 0 Å². The normalized spacial score (nSPS) is 21.3. The number of nitrogens with zero attached hydrogens (tertiary/aromatic N) is 2. The van der Waals surface area contributed by atoms with Gasteiger partial charge in [-0.15, -0.1) is 0 Å². The summed E-state index contributed by atoms with van der Waals surface area (Å²) in [4.78, 5) is 11.3. The zero-order valence-electron chi connectivity index (χ0n) is 7.85. The molecule has 5 heteroatoms. The highest BCUT2D eigenvalue weighted by Crippen LogP contribution is 2.12. The van der Waals surface area contributed by atoms with Crippen LogP contribution in [0.25, 0.3) is 0 Å². The highest BCUT2D eigenvalue weighted by Gasteiger charge is 2.16. The second kappa shape index (κ2) is 3.79. The SMILES string of the molecule is Nc1ccc(=O)n(CC2CCCO2)n1. The number of anilines is 1. The third-order valence-corrected chi connectivity index (χ3v) is 2.29. The minimum Gasteiger partial charge on any atom is -0.382 e. The van der Waals surface area contributed by atoms with Gasteiger partial charge in [0.1, 0.15) is 5.82 Å². The van der Waals surface area contributed by atoms with E-state index >= 15 is 0 Å². The van der Waals surface area contributed by atoms with Crippen molar-refractivity contribution in [3.05, 3.63) is 22.5 Å². The summed E-state index contributed by atoms with van der Waals surface area (Å²) in [5.74, 6) is 0.364. The zero-order valence-corrected chi connectivity index (χ0v) is 7.85. The fraction of sp³-hybridized carbons (Fsp3) is 0.556. The first-order valence-corrected chi connectivity index (χ1v) is 4.71. The lowest BCUT2D eigenvalue weighted by atomic mass is 10.2. The second-order valence-corrected chi connectivity index (χ2v) is 3.41. The molecule has 1 aliphatic rings. The Labute approximate surface area is 81.5 Å². The number of hydrogen-bond acceptors (Lipinski definition) is 4. The molecule has 0 radical (unpaired) electrons. The first-order valence-electron chi connectivity index (χ1n) is 4.71. The Balaban J connectivity index is 2.15. The Morgan fingerprint density at radius 3 is 3.21 bits per heavy atom. The molecular formula is C9H13N3O2. The average Bonchev–Trinajstić information content (AvgIpc) is 2.64. The molecule has 1 saturated heterocycles. The fourth-order valence-corrected chi connectivity index (χ4v) is 1.58. The Morgan fingerprint density at radius 2 is 2.50 bits per heavy atom. The van der Waals surface area contributed by atoms with Gasteiger partial charge in [-0.2, -0.15) is 5.10 Å². The molecule has 14 heavy (non-hydrogen) atoms. The zero-order chi connectivity index (χ0) is 9.97. The van der Waals surface area contributed by atoms with Crippen LogP contribution < -0.4 is 11.3 Å². The molecule has 1 aromatic heterocycles. The molecular weight excluding hydrogens is 182 g/mol. The van der Waals surface area contributed by atoms with Gasteiger partial charge < -0.3 is 10.5 Å². The maximum absolute atomic E-state index is 11.3. The molecule has 1 aromatic rings. The summed E-state index contributed by atoms with van der Waals surface area (Å²) in [6, 6.07) is 2.94. The molecule has 1 fully saturated rings. The Bertz CT molecular complexity index is 369. The molecule has 0 amide bonds. The predicted molar refractivity (Wildman–Crippen MR) is 51.9 cm³/mol. The molecule has 1 atom stereocenters. The van der Waals surface area contributed by atoms with Crippen LogP contribution in [0.4, 0.5) is 5.82 Å². The van der Waals surface area contributed by atoms with Crippen LogP contribution in [0.2, 0.25) is 0 Å². The van der Waals surface area contributed by atoms with E-state index in [1.165, 1.54) is 16.8 Å². The van der Waals surface area contributed by atoms with E-state index < -0.39 is 0 Å². The van der Waals surface area contributed by atoms with Crippen LogP contribution in [0.3, 0.4) is 0 Å². The van der Waals surface area contributed by atoms with Gasteiger partial charge in [0.15, 0.2) is 0 Å². The topological polar surface area (TPSA) is 70.1 Å². The standard InChI is InChI=1S/C9H13N3O2/c10-8-3-4-9(13)12(11-8)6-7-2-1-5-14-7/h3-4,7H,1-2,5-6H2,(H2,10,11). The quantitative estimate of drug-likeness (QED) is 0.721. The molecule has 0 aliphatic carbocycles. The second-order valence-electron chi connectivity index (χ2n) is 3.41. The molecule has 0 bridgehead atoms. The molecule has 76 valence electrons. The molecule has 1 aliphatic heterocycles. The minimum atomic E-state index is -0.130. The van der Waals surface area contributed by atoms with Crippen LogP contribution in [-0.4, -0.2) is 22.5 Å². The van der Waals surface area contributed by atoms with Crippen molar-refractivity contribution in [1.29, 1.82) is 0 Å². The van der Waals surface area contributed by atoms with Crippen molar-refractivity contribution in [2.24, 2.45) is 0 Å². The summed E-state index contributed by atoms with van der Waals surface area (Å²) in [5.41, 5.74) is 5.36. The highest BCUT2D eigenvalue weighted by atomic mass is 16.5. The molecule has 0 spiro atoms. The van der Waals surface area contributed by atoms with Crippen molar-refractivity contribution in [2.75, 3.05) is 12.3 Å². The Hall–Kier alpha value is -1.36. The first kappa shape index (κ1) is 9.21. The van der Waals surface area contributed by atoms with Gasteiger partial charge >= 0.3 is 0 Å². The van der Waals surface area contributed by atoms with E-state index in [1.54, 1.807) is 0 Å². The van der Waals surface area contributed by atoms with Gasteiger partial charge in [-0.3, -0.25) is 4.79 Å². The highest BCUT2D eigenvalue weighted by molar-refractivity contribution is 5.23. The molecule has 0 saturated carbocycles. The van der Waals surface area contributed by atoms with E-state index in [0.717, 1.165) is 19.4 Å². The Morgan fingerprint density at radius 1 is 1.64 bits per heavy atom.